The molecule has 0 saturated carbocycles. The lowest BCUT2D eigenvalue weighted by Crippen LogP contribution is -2.57. The van der Waals surface area contributed by atoms with Crippen molar-refractivity contribution in [2.45, 2.75) is 33.4 Å². The van der Waals surface area contributed by atoms with Crippen LogP contribution in [0.2, 0.25) is 0 Å². The highest BCUT2D eigenvalue weighted by atomic mass is 16.5. The molecule has 0 spiro atoms. The number of fused-ring (bicyclic) bond motifs is 2. The second-order valence-electron chi connectivity index (χ2n) is 9.14. The normalized spacial score (nSPS) is 17.1. The topological polar surface area (TPSA) is 57.2 Å². The van der Waals surface area contributed by atoms with E-state index in [0.717, 1.165) is 45.3 Å². The third kappa shape index (κ3) is 4.49. The Morgan fingerprint density at radius 2 is 1.76 bits per heavy atom. The quantitative estimate of drug-likeness (QED) is 0.564. The van der Waals surface area contributed by atoms with E-state index in [2.05, 4.69) is 49.2 Å². The van der Waals surface area contributed by atoms with E-state index in [1.54, 1.807) is 0 Å². The molecule has 2 amide bonds. The molecule has 6 nitrogen and oxygen atoms in total. The number of rotatable bonds is 2. The van der Waals surface area contributed by atoms with Crippen LogP contribution in [0, 0.1) is 13.8 Å². The molecule has 2 heterocycles. The summed E-state index contributed by atoms with van der Waals surface area (Å²) < 4.78 is 6.30. The number of hydrogen-bond donors (Lipinski definition) is 1. The van der Waals surface area contributed by atoms with Crippen molar-refractivity contribution >= 4 is 17.6 Å². The first-order valence-electron chi connectivity index (χ1n) is 11.8. The van der Waals surface area contributed by atoms with Crippen LogP contribution in [0.5, 0.6) is 11.5 Å². The Morgan fingerprint density at radius 1 is 1.00 bits per heavy atom. The predicted molar refractivity (Wildman–Crippen MR) is 135 cm³/mol. The Bertz CT molecular complexity index is 1240. The molecule has 2 aliphatic heterocycles. The van der Waals surface area contributed by atoms with E-state index in [9.17, 15) is 4.79 Å². The molecule has 2 aliphatic rings. The van der Waals surface area contributed by atoms with Gasteiger partial charge in [-0.1, -0.05) is 48.0 Å². The smallest absolute Gasteiger partial charge is 0.318 e. The highest BCUT2D eigenvalue weighted by Crippen LogP contribution is 2.39. The van der Waals surface area contributed by atoms with E-state index in [4.69, 9.17) is 9.73 Å². The zero-order valence-electron chi connectivity index (χ0n) is 19.9. The van der Waals surface area contributed by atoms with Gasteiger partial charge in [0.2, 0.25) is 0 Å². The lowest BCUT2D eigenvalue weighted by atomic mass is 10.1. The second kappa shape index (κ2) is 9.21. The summed E-state index contributed by atoms with van der Waals surface area (Å²) in [4.78, 5) is 22.2. The molecular weight excluding hydrogens is 424 g/mol. The second-order valence-corrected chi connectivity index (χ2v) is 9.14. The Labute approximate surface area is 200 Å². The van der Waals surface area contributed by atoms with Crippen molar-refractivity contribution in [2.24, 2.45) is 4.99 Å². The number of aryl methyl sites for hydroxylation is 2. The molecule has 5 rings (SSSR count). The summed E-state index contributed by atoms with van der Waals surface area (Å²) in [7, 11) is 0. The molecule has 34 heavy (non-hydrogen) atoms. The van der Waals surface area contributed by atoms with Crippen LogP contribution in [0.25, 0.3) is 0 Å². The molecular formula is C28H30N4O2. The number of carbonyl (C=O) groups excluding carboxylic acids is 1. The number of ether oxygens (including phenoxy) is 1. The summed E-state index contributed by atoms with van der Waals surface area (Å²) in [5.41, 5.74) is 5.20. The molecule has 1 atom stereocenters. The highest BCUT2D eigenvalue weighted by Gasteiger charge is 2.31. The van der Waals surface area contributed by atoms with E-state index >= 15 is 0 Å². The van der Waals surface area contributed by atoms with Crippen molar-refractivity contribution in [1.82, 2.24) is 15.1 Å². The van der Waals surface area contributed by atoms with Gasteiger partial charge >= 0.3 is 6.03 Å². The van der Waals surface area contributed by atoms with Crippen molar-refractivity contribution in [3.63, 3.8) is 0 Å². The zero-order valence-corrected chi connectivity index (χ0v) is 19.9. The molecule has 0 aromatic heterocycles. The van der Waals surface area contributed by atoms with E-state index < -0.39 is 0 Å². The molecule has 6 heteroatoms. The van der Waals surface area contributed by atoms with E-state index in [1.807, 2.05) is 53.4 Å². The van der Waals surface area contributed by atoms with Gasteiger partial charge in [0.15, 0.2) is 5.75 Å². The van der Waals surface area contributed by atoms with Crippen molar-refractivity contribution < 1.29 is 9.53 Å². The number of hydrogen-bond acceptors (Lipinski definition) is 4. The van der Waals surface area contributed by atoms with Crippen LogP contribution >= 0.6 is 0 Å². The van der Waals surface area contributed by atoms with Crippen molar-refractivity contribution in [3.8, 4) is 11.5 Å². The number of piperazine rings is 1. The third-order valence-corrected chi connectivity index (χ3v) is 6.41. The molecule has 3 aromatic carbocycles. The average Bonchev–Trinajstić information content (AvgIpc) is 2.99. The number of nitrogens with one attached hydrogen (secondary N) is 1. The molecule has 3 aromatic rings. The van der Waals surface area contributed by atoms with Crippen LogP contribution in [0.15, 0.2) is 71.7 Å². The highest BCUT2D eigenvalue weighted by molar-refractivity contribution is 6.04. The molecule has 1 saturated heterocycles. The molecule has 174 valence electrons. The first-order chi connectivity index (χ1) is 16.5. The van der Waals surface area contributed by atoms with Gasteiger partial charge in [-0.15, -0.1) is 0 Å². The number of amidine groups is 1. The summed E-state index contributed by atoms with van der Waals surface area (Å²) >= 11 is 0. The number of nitrogens with zero attached hydrogens (tertiary/aromatic N) is 3. The van der Waals surface area contributed by atoms with Crippen LogP contribution in [-0.2, 0) is 6.54 Å². The Balaban J connectivity index is 1.37. The summed E-state index contributed by atoms with van der Waals surface area (Å²) in [6, 6.07) is 22.3. The fraction of sp³-hybridized carbons (Fsp3) is 0.286. The van der Waals surface area contributed by atoms with Gasteiger partial charge in [-0.05, 0) is 56.2 Å². The lowest BCUT2D eigenvalue weighted by molar-refractivity contribution is 0.134. The number of urea groups is 1. The van der Waals surface area contributed by atoms with E-state index in [-0.39, 0.29) is 12.1 Å². The van der Waals surface area contributed by atoms with Gasteiger partial charge in [0.1, 0.15) is 17.3 Å². The van der Waals surface area contributed by atoms with E-state index in [1.165, 1.54) is 0 Å². The number of benzene rings is 3. The molecule has 0 radical (unpaired) electrons. The van der Waals surface area contributed by atoms with Gasteiger partial charge in [-0.25, -0.2) is 9.79 Å². The summed E-state index contributed by atoms with van der Waals surface area (Å²) in [5.74, 6) is 2.48. The molecule has 1 fully saturated rings. The fourth-order valence-corrected chi connectivity index (χ4v) is 4.56. The SMILES string of the molecule is Cc1ccc2c(c1)Oc1ccc(C)cc1C(N1CCN(C(=O)NCc3ccccc3)[C@@H](C)C1)=N2. The minimum atomic E-state index is -0.0285. The van der Waals surface area contributed by atoms with Crippen LogP contribution in [0.3, 0.4) is 0 Å². The predicted octanol–water partition coefficient (Wildman–Crippen LogP) is 5.40. The number of amides is 2. The van der Waals surface area contributed by atoms with Crippen molar-refractivity contribution in [3.05, 3.63) is 89.0 Å². The van der Waals surface area contributed by atoms with Gasteiger partial charge in [0.25, 0.3) is 0 Å². The Kier molecular flexibility index (Phi) is 5.97. The van der Waals surface area contributed by atoms with Gasteiger partial charge < -0.3 is 19.9 Å². The van der Waals surface area contributed by atoms with Crippen LogP contribution < -0.4 is 10.1 Å². The molecule has 0 aliphatic carbocycles. The van der Waals surface area contributed by atoms with Gasteiger partial charge in [-0.2, -0.15) is 0 Å². The maximum absolute atomic E-state index is 12.9. The molecule has 0 bridgehead atoms. The minimum absolute atomic E-state index is 0.0285. The van der Waals surface area contributed by atoms with Crippen LogP contribution in [-0.4, -0.2) is 47.3 Å². The van der Waals surface area contributed by atoms with Crippen molar-refractivity contribution in [1.29, 1.82) is 0 Å². The summed E-state index contributed by atoms with van der Waals surface area (Å²) in [6.07, 6.45) is 0. The first kappa shape index (κ1) is 22.0. The van der Waals surface area contributed by atoms with Gasteiger partial charge in [-0.3, -0.25) is 0 Å². The maximum Gasteiger partial charge on any atom is 0.318 e. The summed E-state index contributed by atoms with van der Waals surface area (Å²) in [5, 5.41) is 3.06. The van der Waals surface area contributed by atoms with Gasteiger partial charge in [0, 0.05) is 32.2 Å². The zero-order chi connectivity index (χ0) is 23.7. The maximum atomic E-state index is 12.9. The number of carbonyl (C=O) groups is 1. The van der Waals surface area contributed by atoms with Crippen molar-refractivity contribution in [2.75, 3.05) is 19.6 Å². The van der Waals surface area contributed by atoms with Gasteiger partial charge in [0.05, 0.1) is 5.56 Å². The fourth-order valence-electron chi connectivity index (χ4n) is 4.56. The summed E-state index contributed by atoms with van der Waals surface area (Å²) in [6.45, 7) is 8.79. The van der Waals surface area contributed by atoms with Crippen LogP contribution in [0.1, 0.15) is 29.2 Å². The van der Waals surface area contributed by atoms with E-state index in [0.29, 0.717) is 26.2 Å². The Hall–Kier alpha value is -3.80. The Morgan fingerprint density at radius 3 is 2.56 bits per heavy atom. The van der Waals surface area contributed by atoms with Crippen LogP contribution in [0.4, 0.5) is 10.5 Å². The molecule has 1 N–H and O–H groups in total. The molecule has 0 unspecified atom stereocenters. The lowest BCUT2D eigenvalue weighted by Gasteiger charge is -2.41. The standard InChI is InChI=1S/C28H30N4O2/c1-19-10-12-25-23(15-19)27(30-24-11-9-20(2)16-26(24)34-25)31-13-14-32(21(3)18-31)28(33)29-17-22-7-5-4-6-8-22/h4-12,15-16,21H,13-14,17-18H2,1-3H3,(H,29,33)/t21-/m0/s1. The first-order valence-corrected chi connectivity index (χ1v) is 11.8. The average molecular weight is 455 g/mol. The minimum Gasteiger partial charge on any atom is -0.454 e. The third-order valence-electron chi connectivity index (χ3n) is 6.41. The largest absolute Gasteiger partial charge is 0.454 e. The monoisotopic (exact) mass is 454 g/mol. The number of aliphatic imine (C=N–C) groups is 1.